The van der Waals surface area contributed by atoms with E-state index in [1.54, 1.807) is 14.0 Å². The molecule has 1 heterocycles. The lowest BCUT2D eigenvalue weighted by Crippen LogP contribution is -2.39. The highest BCUT2D eigenvalue weighted by atomic mass is 16.5. The number of rotatable bonds is 9. The number of nitrogens with one attached hydrogen (secondary N) is 2. The van der Waals surface area contributed by atoms with Gasteiger partial charge in [0.25, 0.3) is 0 Å². The quantitative estimate of drug-likeness (QED) is 0.529. The van der Waals surface area contributed by atoms with Gasteiger partial charge in [0.1, 0.15) is 5.75 Å². The molecule has 0 unspecified atom stereocenters. The maximum absolute atomic E-state index is 12.7. The van der Waals surface area contributed by atoms with Crippen molar-refractivity contribution in [2.45, 2.75) is 12.8 Å². The summed E-state index contributed by atoms with van der Waals surface area (Å²) in [5, 5.41) is 4.23. The number of para-hydroxylation sites is 1. The molecule has 0 radical (unpaired) electrons. The molecule has 0 aliphatic carbocycles. The largest absolute Gasteiger partial charge is 0.497 e. The summed E-state index contributed by atoms with van der Waals surface area (Å²) in [5.41, 5.74) is 3.31. The van der Waals surface area contributed by atoms with Crippen molar-refractivity contribution in [1.82, 2.24) is 15.2 Å². The zero-order valence-electron chi connectivity index (χ0n) is 17.9. The van der Waals surface area contributed by atoms with Crippen LogP contribution >= 0.6 is 0 Å². The molecule has 1 aromatic heterocycles. The van der Waals surface area contributed by atoms with Crippen molar-refractivity contribution in [2.75, 3.05) is 33.3 Å². The molecule has 3 rings (SSSR count). The van der Waals surface area contributed by atoms with Crippen LogP contribution in [0.1, 0.15) is 24.0 Å². The molecule has 1 atom stereocenters. The Bertz CT molecular complexity index is 1110. The monoisotopic (exact) mass is 413 g/mol. The third kappa shape index (κ3) is 5.69. The molecule has 5 heteroatoms. The second kappa shape index (κ2) is 10.9. The normalized spacial score (nSPS) is 11.4. The molecular formula is C26H27N3O2. The van der Waals surface area contributed by atoms with Crippen LogP contribution in [0.4, 0.5) is 0 Å². The van der Waals surface area contributed by atoms with Gasteiger partial charge >= 0.3 is 0 Å². The lowest BCUT2D eigenvalue weighted by Gasteiger charge is -2.20. The predicted octanol–water partition coefficient (Wildman–Crippen LogP) is 3.38. The second-order valence-electron chi connectivity index (χ2n) is 7.20. The van der Waals surface area contributed by atoms with Crippen LogP contribution in [0.25, 0.3) is 10.9 Å². The summed E-state index contributed by atoms with van der Waals surface area (Å²) in [4.78, 5) is 17.8. The summed E-state index contributed by atoms with van der Waals surface area (Å²) in [6, 6.07) is 16.1. The molecule has 0 bridgehead atoms. The summed E-state index contributed by atoms with van der Waals surface area (Å²) in [6.45, 7) is 3.30. The summed E-state index contributed by atoms with van der Waals surface area (Å²) < 4.78 is 5.30. The molecule has 158 valence electrons. The van der Waals surface area contributed by atoms with E-state index in [9.17, 15) is 4.79 Å². The molecule has 2 aromatic carbocycles. The fraction of sp³-hybridized carbons (Fsp3) is 0.269. The Morgan fingerprint density at radius 3 is 2.68 bits per heavy atom. The van der Waals surface area contributed by atoms with E-state index in [2.05, 4.69) is 40.2 Å². The Balaban J connectivity index is 1.80. The van der Waals surface area contributed by atoms with E-state index >= 15 is 0 Å². The van der Waals surface area contributed by atoms with Crippen LogP contribution < -0.4 is 10.1 Å². The number of carbonyl (C=O) groups excluding carboxylic acids is 1. The number of H-pyrrole nitrogens is 1. The van der Waals surface area contributed by atoms with Gasteiger partial charge < -0.3 is 15.0 Å². The molecule has 0 fully saturated rings. The number of nitrogens with zero attached hydrogens (tertiary/aromatic N) is 1. The van der Waals surface area contributed by atoms with Crippen molar-refractivity contribution >= 4 is 16.8 Å². The van der Waals surface area contributed by atoms with Crippen LogP contribution in [0.3, 0.4) is 0 Å². The van der Waals surface area contributed by atoms with Gasteiger partial charge in [0.05, 0.1) is 26.7 Å². The molecule has 0 spiro atoms. The minimum atomic E-state index is -0.0773. The Morgan fingerprint density at radius 1 is 1.19 bits per heavy atom. The summed E-state index contributed by atoms with van der Waals surface area (Å²) in [6.07, 6.45) is 7.45. The Kier molecular flexibility index (Phi) is 7.76. The molecule has 0 aliphatic heterocycles. The highest BCUT2D eigenvalue weighted by Crippen LogP contribution is 2.31. The minimum Gasteiger partial charge on any atom is -0.497 e. The average molecular weight is 414 g/mol. The summed E-state index contributed by atoms with van der Waals surface area (Å²) in [7, 11) is 1.65. The SMILES string of the molecule is C#CCN(CC#CC)CC(=O)NC[C@H](c1ccc(OC)cc1)c1c[nH]c2ccccc12. The number of methoxy groups -OCH3 is 1. The standard InChI is InChI=1S/C26H27N3O2/c1-4-6-16-29(15-5-2)19-26(30)28-17-23(20-11-13-21(31-3)14-12-20)24-18-27-25-10-8-7-9-22(24)25/h2,7-14,18,23,27H,15-17,19H2,1,3H3,(H,28,30)/t23-/m1/s1. The number of aromatic amines is 1. The first-order valence-electron chi connectivity index (χ1n) is 10.2. The van der Waals surface area contributed by atoms with Gasteiger partial charge in [-0.15, -0.1) is 12.3 Å². The first-order chi connectivity index (χ1) is 15.2. The van der Waals surface area contributed by atoms with Crippen LogP contribution in [-0.2, 0) is 4.79 Å². The fourth-order valence-corrected chi connectivity index (χ4v) is 3.59. The first-order valence-corrected chi connectivity index (χ1v) is 10.2. The molecule has 3 aromatic rings. The van der Waals surface area contributed by atoms with Crippen molar-refractivity contribution in [3.63, 3.8) is 0 Å². The van der Waals surface area contributed by atoms with Gasteiger partial charge in [0.15, 0.2) is 0 Å². The molecule has 1 amide bonds. The zero-order valence-corrected chi connectivity index (χ0v) is 17.9. The molecule has 31 heavy (non-hydrogen) atoms. The smallest absolute Gasteiger partial charge is 0.234 e. The number of aromatic nitrogens is 1. The number of amides is 1. The highest BCUT2D eigenvalue weighted by molar-refractivity contribution is 5.84. The fourth-order valence-electron chi connectivity index (χ4n) is 3.59. The Morgan fingerprint density at radius 2 is 1.97 bits per heavy atom. The minimum absolute atomic E-state index is 0.0116. The maximum Gasteiger partial charge on any atom is 0.234 e. The van der Waals surface area contributed by atoms with Crippen molar-refractivity contribution in [3.8, 4) is 29.9 Å². The van der Waals surface area contributed by atoms with Crippen molar-refractivity contribution in [2.24, 2.45) is 0 Å². The number of hydrogen-bond acceptors (Lipinski definition) is 3. The van der Waals surface area contributed by atoms with E-state index in [-0.39, 0.29) is 18.4 Å². The number of terminal acetylenes is 1. The molecule has 0 saturated heterocycles. The molecular weight excluding hydrogens is 386 g/mol. The molecule has 2 N–H and O–H groups in total. The Labute approximate surface area is 183 Å². The number of hydrogen-bond donors (Lipinski definition) is 2. The van der Waals surface area contributed by atoms with Crippen LogP contribution in [0.5, 0.6) is 5.75 Å². The van der Waals surface area contributed by atoms with Crippen molar-refractivity contribution in [3.05, 3.63) is 65.9 Å². The highest BCUT2D eigenvalue weighted by Gasteiger charge is 2.20. The number of benzene rings is 2. The third-order valence-electron chi connectivity index (χ3n) is 5.18. The Hall–Kier alpha value is -3.67. The van der Waals surface area contributed by atoms with Crippen molar-refractivity contribution in [1.29, 1.82) is 0 Å². The number of carbonyl (C=O) groups is 1. The van der Waals surface area contributed by atoms with Crippen LogP contribution in [0.15, 0.2) is 54.7 Å². The van der Waals surface area contributed by atoms with Gasteiger partial charge in [-0.05, 0) is 36.2 Å². The van der Waals surface area contributed by atoms with Gasteiger partial charge in [-0.25, -0.2) is 0 Å². The van der Waals surface area contributed by atoms with E-state index in [0.717, 1.165) is 27.8 Å². The second-order valence-corrected chi connectivity index (χ2v) is 7.20. The number of ether oxygens (including phenoxy) is 1. The summed E-state index contributed by atoms with van der Waals surface area (Å²) >= 11 is 0. The topological polar surface area (TPSA) is 57.4 Å². The first kappa shape index (κ1) is 22.0. The van der Waals surface area contributed by atoms with Gasteiger partial charge in [-0.1, -0.05) is 42.2 Å². The van der Waals surface area contributed by atoms with Gasteiger partial charge in [0.2, 0.25) is 5.91 Å². The zero-order chi connectivity index (χ0) is 22.1. The van der Waals surface area contributed by atoms with Gasteiger partial charge in [-0.2, -0.15) is 0 Å². The van der Waals surface area contributed by atoms with Gasteiger partial charge in [0, 0.05) is 29.6 Å². The van der Waals surface area contributed by atoms with Crippen molar-refractivity contribution < 1.29 is 9.53 Å². The van der Waals surface area contributed by atoms with E-state index in [4.69, 9.17) is 11.2 Å². The lowest BCUT2D eigenvalue weighted by molar-refractivity contribution is -0.122. The third-order valence-corrected chi connectivity index (χ3v) is 5.18. The lowest BCUT2D eigenvalue weighted by atomic mass is 9.90. The van der Waals surface area contributed by atoms with Crippen LogP contribution in [-0.4, -0.2) is 49.1 Å². The average Bonchev–Trinajstić information content (AvgIpc) is 3.22. The summed E-state index contributed by atoms with van der Waals surface area (Å²) in [5.74, 6) is 9.11. The van der Waals surface area contributed by atoms with Gasteiger partial charge in [-0.3, -0.25) is 9.69 Å². The maximum atomic E-state index is 12.7. The molecule has 0 saturated carbocycles. The van der Waals surface area contributed by atoms with E-state index in [0.29, 0.717) is 19.6 Å². The molecule has 5 nitrogen and oxygen atoms in total. The predicted molar refractivity (Wildman–Crippen MR) is 125 cm³/mol. The van der Waals surface area contributed by atoms with E-state index < -0.39 is 0 Å². The number of fused-ring (bicyclic) bond motifs is 1. The van der Waals surface area contributed by atoms with Crippen LogP contribution in [0, 0.1) is 24.2 Å². The van der Waals surface area contributed by atoms with E-state index in [1.165, 1.54) is 0 Å². The van der Waals surface area contributed by atoms with E-state index in [1.807, 2.05) is 47.5 Å². The molecule has 0 aliphatic rings. The van der Waals surface area contributed by atoms with Crippen LogP contribution in [0.2, 0.25) is 0 Å².